The van der Waals surface area contributed by atoms with E-state index in [4.69, 9.17) is 11.5 Å². The van der Waals surface area contributed by atoms with Gasteiger partial charge in [-0.2, -0.15) is 0 Å². The minimum absolute atomic E-state index is 0.601. The number of aryl methyl sites for hydroxylation is 1. The van der Waals surface area contributed by atoms with E-state index in [1.165, 1.54) is 11.1 Å². The van der Waals surface area contributed by atoms with Crippen LogP contribution in [0.2, 0.25) is 0 Å². The molecule has 1 aromatic carbocycles. The number of nitrogen functional groups attached to an aromatic ring is 1. The number of hydrogen-bond acceptors (Lipinski definition) is 2. The van der Waals surface area contributed by atoms with E-state index in [1.54, 1.807) is 0 Å². The molecule has 0 aliphatic heterocycles. The van der Waals surface area contributed by atoms with Crippen LogP contribution in [0.15, 0.2) is 18.2 Å². The molecule has 2 heteroatoms. The van der Waals surface area contributed by atoms with Gasteiger partial charge >= 0.3 is 0 Å². The van der Waals surface area contributed by atoms with Crippen LogP contribution in [0.3, 0.4) is 0 Å². The average molecular weight is 150 g/mol. The maximum absolute atomic E-state index is 5.62. The minimum Gasteiger partial charge on any atom is -0.399 e. The zero-order chi connectivity index (χ0) is 8.27. The largest absolute Gasteiger partial charge is 0.399 e. The fraction of sp³-hybridized carbons (Fsp3) is 0.333. The van der Waals surface area contributed by atoms with Crippen LogP contribution in [0, 0.1) is 0 Å². The van der Waals surface area contributed by atoms with Crippen LogP contribution in [-0.4, -0.2) is 0 Å². The second kappa shape index (κ2) is 3.39. The SMILES string of the molecule is CCc1cc(N)ccc1CN. The molecule has 0 radical (unpaired) electrons. The second-order valence-electron chi connectivity index (χ2n) is 2.59. The van der Waals surface area contributed by atoms with Crippen molar-refractivity contribution in [3.05, 3.63) is 29.3 Å². The molecule has 0 fully saturated rings. The lowest BCUT2D eigenvalue weighted by molar-refractivity contribution is 1.00. The lowest BCUT2D eigenvalue weighted by Gasteiger charge is -2.05. The van der Waals surface area contributed by atoms with Gasteiger partial charge in [-0.1, -0.05) is 13.0 Å². The van der Waals surface area contributed by atoms with Crippen molar-refractivity contribution in [2.24, 2.45) is 5.73 Å². The zero-order valence-electron chi connectivity index (χ0n) is 6.80. The van der Waals surface area contributed by atoms with Crippen molar-refractivity contribution in [1.29, 1.82) is 0 Å². The predicted molar refractivity (Wildman–Crippen MR) is 48.1 cm³/mol. The van der Waals surface area contributed by atoms with E-state index in [0.717, 1.165) is 12.1 Å². The molecule has 0 aliphatic carbocycles. The third kappa shape index (κ3) is 1.71. The lowest BCUT2D eigenvalue weighted by atomic mass is 10.0. The summed E-state index contributed by atoms with van der Waals surface area (Å²) >= 11 is 0. The smallest absolute Gasteiger partial charge is 0.0316 e. The Morgan fingerprint density at radius 1 is 1.27 bits per heavy atom. The maximum Gasteiger partial charge on any atom is 0.0316 e. The molecule has 0 atom stereocenters. The molecule has 60 valence electrons. The van der Waals surface area contributed by atoms with E-state index in [1.807, 2.05) is 18.2 Å². The van der Waals surface area contributed by atoms with E-state index in [9.17, 15) is 0 Å². The molecule has 0 unspecified atom stereocenters. The summed E-state index contributed by atoms with van der Waals surface area (Å²) in [6.45, 7) is 2.71. The molecule has 0 spiro atoms. The van der Waals surface area contributed by atoms with Crippen molar-refractivity contribution < 1.29 is 0 Å². The van der Waals surface area contributed by atoms with Gasteiger partial charge in [0.2, 0.25) is 0 Å². The molecule has 4 N–H and O–H groups in total. The molecule has 11 heavy (non-hydrogen) atoms. The van der Waals surface area contributed by atoms with Crippen LogP contribution in [0.5, 0.6) is 0 Å². The first-order valence-corrected chi connectivity index (χ1v) is 3.85. The molecule has 0 amide bonds. The Morgan fingerprint density at radius 3 is 2.55 bits per heavy atom. The molecule has 0 aromatic heterocycles. The van der Waals surface area contributed by atoms with E-state index in [2.05, 4.69) is 6.92 Å². The summed E-state index contributed by atoms with van der Waals surface area (Å²) in [6, 6.07) is 5.87. The Kier molecular flexibility index (Phi) is 2.49. The fourth-order valence-electron chi connectivity index (χ4n) is 1.17. The summed E-state index contributed by atoms with van der Waals surface area (Å²) in [4.78, 5) is 0. The summed E-state index contributed by atoms with van der Waals surface area (Å²) < 4.78 is 0. The Morgan fingerprint density at radius 2 is 2.00 bits per heavy atom. The molecule has 1 aromatic rings. The maximum atomic E-state index is 5.62. The standard InChI is InChI=1S/C9H14N2/c1-2-7-5-9(11)4-3-8(7)6-10/h3-5H,2,6,10-11H2,1H3. The molecule has 0 aliphatic rings. The Hall–Kier alpha value is -1.02. The van der Waals surface area contributed by atoms with Crippen molar-refractivity contribution in [2.75, 3.05) is 5.73 Å². The molecule has 0 heterocycles. The molecule has 0 saturated carbocycles. The van der Waals surface area contributed by atoms with Crippen LogP contribution < -0.4 is 11.5 Å². The van der Waals surface area contributed by atoms with Gasteiger partial charge in [-0.15, -0.1) is 0 Å². The third-order valence-electron chi connectivity index (χ3n) is 1.83. The van der Waals surface area contributed by atoms with Gasteiger partial charge in [-0.3, -0.25) is 0 Å². The average Bonchev–Trinajstić information content (AvgIpc) is 2.04. The van der Waals surface area contributed by atoms with Gasteiger partial charge in [0.15, 0.2) is 0 Å². The van der Waals surface area contributed by atoms with Gasteiger partial charge in [0.1, 0.15) is 0 Å². The first-order valence-electron chi connectivity index (χ1n) is 3.85. The first kappa shape index (κ1) is 8.08. The summed E-state index contributed by atoms with van der Waals surface area (Å²) in [5.41, 5.74) is 14.4. The molecule has 0 bridgehead atoms. The van der Waals surface area contributed by atoms with Gasteiger partial charge in [0.05, 0.1) is 0 Å². The van der Waals surface area contributed by atoms with Crippen LogP contribution in [-0.2, 0) is 13.0 Å². The van der Waals surface area contributed by atoms with Crippen LogP contribution in [0.1, 0.15) is 18.1 Å². The van der Waals surface area contributed by atoms with Crippen LogP contribution in [0.25, 0.3) is 0 Å². The van der Waals surface area contributed by atoms with Crippen LogP contribution in [0.4, 0.5) is 5.69 Å². The summed E-state index contributed by atoms with van der Waals surface area (Å²) in [5.74, 6) is 0. The minimum atomic E-state index is 0.601. The van der Waals surface area contributed by atoms with E-state index in [0.29, 0.717) is 6.54 Å². The Bertz CT molecular complexity index is 243. The highest BCUT2D eigenvalue weighted by Gasteiger charge is 1.97. The van der Waals surface area contributed by atoms with Gasteiger partial charge in [-0.05, 0) is 29.7 Å². The van der Waals surface area contributed by atoms with Crippen molar-refractivity contribution >= 4 is 5.69 Å². The third-order valence-corrected chi connectivity index (χ3v) is 1.83. The predicted octanol–water partition coefficient (Wildman–Crippen LogP) is 1.29. The van der Waals surface area contributed by atoms with E-state index < -0.39 is 0 Å². The number of benzene rings is 1. The Balaban J connectivity index is 3.06. The number of anilines is 1. The van der Waals surface area contributed by atoms with Gasteiger partial charge in [-0.25, -0.2) is 0 Å². The van der Waals surface area contributed by atoms with Crippen molar-refractivity contribution in [3.8, 4) is 0 Å². The molecule has 0 saturated heterocycles. The molecule has 1 rings (SSSR count). The van der Waals surface area contributed by atoms with Gasteiger partial charge in [0.25, 0.3) is 0 Å². The zero-order valence-corrected chi connectivity index (χ0v) is 6.80. The van der Waals surface area contributed by atoms with Gasteiger partial charge < -0.3 is 11.5 Å². The number of hydrogen-bond donors (Lipinski definition) is 2. The second-order valence-corrected chi connectivity index (χ2v) is 2.59. The molecular formula is C9H14N2. The highest BCUT2D eigenvalue weighted by atomic mass is 14.6. The quantitative estimate of drug-likeness (QED) is 0.624. The van der Waals surface area contributed by atoms with Crippen molar-refractivity contribution in [1.82, 2.24) is 0 Å². The normalized spacial score (nSPS) is 10.0. The summed E-state index contributed by atoms with van der Waals surface area (Å²) in [6.07, 6.45) is 0.998. The highest BCUT2D eigenvalue weighted by molar-refractivity contribution is 5.44. The van der Waals surface area contributed by atoms with E-state index in [-0.39, 0.29) is 0 Å². The number of rotatable bonds is 2. The van der Waals surface area contributed by atoms with Crippen molar-refractivity contribution in [3.63, 3.8) is 0 Å². The summed E-state index contributed by atoms with van der Waals surface area (Å²) in [5, 5.41) is 0. The lowest BCUT2D eigenvalue weighted by Crippen LogP contribution is -2.01. The van der Waals surface area contributed by atoms with Crippen LogP contribution >= 0.6 is 0 Å². The first-order chi connectivity index (χ1) is 5.27. The highest BCUT2D eigenvalue weighted by Crippen LogP contribution is 2.13. The molecule has 2 nitrogen and oxygen atoms in total. The van der Waals surface area contributed by atoms with Gasteiger partial charge in [0, 0.05) is 12.2 Å². The Labute approximate surface area is 67.2 Å². The number of nitrogens with two attached hydrogens (primary N) is 2. The fourth-order valence-corrected chi connectivity index (χ4v) is 1.17. The molecular weight excluding hydrogens is 136 g/mol. The van der Waals surface area contributed by atoms with E-state index >= 15 is 0 Å². The van der Waals surface area contributed by atoms with Crippen molar-refractivity contribution in [2.45, 2.75) is 19.9 Å². The summed E-state index contributed by atoms with van der Waals surface area (Å²) in [7, 11) is 0. The monoisotopic (exact) mass is 150 g/mol. The topological polar surface area (TPSA) is 52.0 Å².